The van der Waals surface area contributed by atoms with Gasteiger partial charge in [-0.2, -0.15) is 12.7 Å². The van der Waals surface area contributed by atoms with Crippen LogP contribution in [0.4, 0.5) is 0 Å². The highest BCUT2D eigenvalue weighted by molar-refractivity contribution is 7.87. The molecule has 1 heterocycles. The summed E-state index contributed by atoms with van der Waals surface area (Å²) < 4.78 is 29.3. The van der Waals surface area contributed by atoms with Crippen LogP contribution < -0.4 is 10.5 Å². The molecule has 0 aliphatic carbocycles. The van der Waals surface area contributed by atoms with Gasteiger partial charge in [0.25, 0.3) is 10.2 Å². The van der Waals surface area contributed by atoms with Gasteiger partial charge in [0.2, 0.25) is 0 Å². The third-order valence-corrected chi connectivity index (χ3v) is 6.00. The van der Waals surface area contributed by atoms with Gasteiger partial charge < -0.3 is 5.73 Å². The Balaban J connectivity index is 2.68. The van der Waals surface area contributed by atoms with Crippen molar-refractivity contribution in [3.8, 4) is 0 Å². The summed E-state index contributed by atoms with van der Waals surface area (Å²) in [5.41, 5.74) is 5.71. The smallest absolute Gasteiger partial charge is 0.279 e. The van der Waals surface area contributed by atoms with Crippen molar-refractivity contribution in [3.05, 3.63) is 0 Å². The molecule has 0 aromatic heterocycles. The molecule has 6 heteroatoms. The molecule has 120 valence electrons. The van der Waals surface area contributed by atoms with Crippen molar-refractivity contribution in [2.75, 3.05) is 19.6 Å². The Morgan fingerprint density at radius 2 is 1.80 bits per heavy atom. The third kappa shape index (κ3) is 4.69. The van der Waals surface area contributed by atoms with Crippen molar-refractivity contribution in [3.63, 3.8) is 0 Å². The SMILES string of the molecule is CC(C)C(CNS(=O)(=O)N1CCCCC1CN)C(C)C. The molecule has 1 aliphatic rings. The van der Waals surface area contributed by atoms with E-state index in [0.29, 0.717) is 37.4 Å². The van der Waals surface area contributed by atoms with Crippen LogP contribution in [0.5, 0.6) is 0 Å². The van der Waals surface area contributed by atoms with Crippen LogP contribution in [0.3, 0.4) is 0 Å². The van der Waals surface area contributed by atoms with Gasteiger partial charge in [0.15, 0.2) is 0 Å². The molecule has 1 rings (SSSR count). The maximum atomic E-state index is 12.5. The van der Waals surface area contributed by atoms with Crippen molar-refractivity contribution < 1.29 is 8.42 Å². The van der Waals surface area contributed by atoms with Crippen LogP contribution in [0.15, 0.2) is 0 Å². The summed E-state index contributed by atoms with van der Waals surface area (Å²) in [6, 6.07) is -0.0437. The minimum absolute atomic E-state index is 0.0437. The first-order valence-electron chi connectivity index (χ1n) is 7.76. The largest absolute Gasteiger partial charge is 0.329 e. The zero-order valence-corrected chi connectivity index (χ0v) is 14.1. The second kappa shape index (κ2) is 7.73. The van der Waals surface area contributed by atoms with Gasteiger partial charge in [0, 0.05) is 25.7 Å². The number of hydrogen-bond acceptors (Lipinski definition) is 3. The summed E-state index contributed by atoms with van der Waals surface area (Å²) >= 11 is 0. The van der Waals surface area contributed by atoms with E-state index in [-0.39, 0.29) is 6.04 Å². The number of nitrogens with two attached hydrogens (primary N) is 1. The van der Waals surface area contributed by atoms with E-state index < -0.39 is 10.2 Å². The lowest BCUT2D eigenvalue weighted by molar-refractivity contribution is 0.247. The Hall–Kier alpha value is -0.170. The molecule has 0 bridgehead atoms. The minimum atomic E-state index is -3.40. The predicted molar refractivity (Wildman–Crippen MR) is 83.5 cm³/mol. The fourth-order valence-electron chi connectivity index (χ4n) is 3.05. The van der Waals surface area contributed by atoms with E-state index in [4.69, 9.17) is 5.73 Å². The molecule has 1 atom stereocenters. The molecular formula is C14H31N3O2S. The lowest BCUT2D eigenvalue weighted by Gasteiger charge is -2.34. The van der Waals surface area contributed by atoms with Crippen LogP contribution in [-0.4, -0.2) is 38.4 Å². The topological polar surface area (TPSA) is 75.4 Å². The third-order valence-electron chi connectivity index (χ3n) is 4.37. The van der Waals surface area contributed by atoms with Crippen LogP contribution in [0.1, 0.15) is 47.0 Å². The normalized spacial score (nSPS) is 22.1. The number of piperidine rings is 1. The molecule has 0 radical (unpaired) electrons. The molecule has 3 N–H and O–H groups in total. The number of hydrogen-bond donors (Lipinski definition) is 2. The monoisotopic (exact) mass is 305 g/mol. The van der Waals surface area contributed by atoms with E-state index in [2.05, 4.69) is 32.4 Å². The van der Waals surface area contributed by atoms with Crippen LogP contribution in [0.25, 0.3) is 0 Å². The van der Waals surface area contributed by atoms with Gasteiger partial charge in [-0.15, -0.1) is 0 Å². The van der Waals surface area contributed by atoms with Gasteiger partial charge in [-0.25, -0.2) is 4.72 Å². The highest BCUT2D eigenvalue weighted by atomic mass is 32.2. The summed E-state index contributed by atoms with van der Waals surface area (Å²) in [5, 5.41) is 0. The standard InChI is InChI=1S/C14H31N3O2S/c1-11(2)14(12(3)4)10-16-20(18,19)17-8-6-5-7-13(17)9-15/h11-14,16H,5-10,15H2,1-4H3. The van der Waals surface area contributed by atoms with Gasteiger partial charge in [0.1, 0.15) is 0 Å². The van der Waals surface area contributed by atoms with E-state index in [0.717, 1.165) is 19.3 Å². The van der Waals surface area contributed by atoms with Crippen molar-refractivity contribution in [2.45, 2.75) is 53.0 Å². The van der Waals surface area contributed by atoms with Crippen molar-refractivity contribution in [1.82, 2.24) is 9.03 Å². The van der Waals surface area contributed by atoms with E-state index in [1.165, 1.54) is 0 Å². The molecule has 5 nitrogen and oxygen atoms in total. The fraction of sp³-hybridized carbons (Fsp3) is 1.00. The van der Waals surface area contributed by atoms with Gasteiger partial charge in [-0.05, 0) is 30.6 Å². The summed E-state index contributed by atoms with van der Waals surface area (Å²) in [7, 11) is -3.40. The number of nitrogens with one attached hydrogen (secondary N) is 1. The highest BCUT2D eigenvalue weighted by Gasteiger charge is 2.32. The van der Waals surface area contributed by atoms with Crippen LogP contribution >= 0.6 is 0 Å². The second-order valence-corrected chi connectivity index (χ2v) is 8.21. The Kier molecular flexibility index (Phi) is 6.91. The van der Waals surface area contributed by atoms with Crippen molar-refractivity contribution >= 4 is 10.2 Å². The summed E-state index contributed by atoms with van der Waals surface area (Å²) in [6.45, 7) is 10.1. The molecule has 0 saturated carbocycles. The quantitative estimate of drug-likeness (QED) is 0.749. The molecule has 1 fully saturated rings. The average molecular weight is 305 g/mol. The minimum Gasteiger partial charge on any atom is -0.329 e. The average Bonchev–Trinajstić information content (AvgIpc) is 2.37. The number of nitrogens with zero attached hydrogens (tertiary/aromatic N) is 1. The van der Waals surface area contributed by atoms with Gasteiger partial charge in [0.05, 0.1) is 0 Å². The summed E-state index contributed by atoms with van der Waals surface area (Å²) in [5.74, 6) is 1.28. The Morgan fingerprint density at radius 3 is 2.30 bits per heavy atom. The summed E-state index contributed by atoms with van der Waals surface area (Å²) in [4.78, 5) is 0. The van der Waals surface area contributed by atoms with Crippen molar-refractivity contribution in [1.29, 1.82) is 0 Å². The predicted octanol–water partition coefficient (Wildman–Crippen LogP) is 1.56. The molecule has 0 aromatic carbocycles. The van der Waals surface area contributed by atoms with Gasteiger partial charge in [-0.3, -0.25) is 0 Å². The van der Waals surface area contributed by atoms with Crippen LogP contribution in [0.2, 0.25) is 0 Å². The Labute approximate surface area is 124 Å². The van der Waals surface area contributed by atoms with Crippen LogP contribution in [0, 0.1) is 17.8 Å². The lowest BCUT2D eigenvalue weighted by Crippen LogP contribution is -2.52. The molecular weight excluding hydrogens is 274 g/mol. The zero-order chi connectivity index (χ0) is 15.3. The lowest BCUT2D eigenvalue weighted by atomic mass is 9.86. The highest BCUT2D eigenvalue weighted by Crippen LogP contribution is 2.22. The first kappa shape index (κ1) is 17.9. The first-order valence-corrected chi connectivity index (χ1v) is 9.20. The first-order chi connectivity index (χ1) is 9.29. The molecule has 1 aliphatic heterocycles. The zero-order valence-electron chi connectivity index (χ0n) is 13.3. The van der Waals surface area contributed by atoms with Crippen LogP contribution in [-0.2, 0) is 10.2 Å². The van der Waals surface area contributed by atoms with Crippen molar-refractivity contribution in [2.24, 2.45) is 23.5 Å². The Morgan fingerprint density at radius 1 is 1.20 bits per heavy atom. The Bertz CT molecular complexity index is 374. The van der Waals surface area contributed by atoms with Gasteiger partial charge >= 0.3 is 0 Å². The molecule has 0 amide bonds. The van der Waals surface area contributed by atoms with Gasteiger partial charge in [-0.1, -0.05) is 34.1 Å². The maximum Gasteiger partial charge on any atom is 0.279 e. The van der Waals surface area contributed by atoms with E-state index >= 15 is 0 Å². The molecule has 1 saturated heterocycles. The van der Waals surface area contributed by atoms with E-state index in [1.54, 1.807) is 4.31 Å². The molecule has 1 unspecified atom stereocenters. The maximum absolute atomic E-state index is 12.5. The molecule has 0 aromatic rings. The summed E-state index contributed by atoms with van der Waals surface area (Å²) in [6.07, 6.45) is 2.86. The van der Waals surface area contributed by atoms with E-state index in [9.17, 15) is 8.42 Å². The molecule has 0 spiro atoms. The number of rotatable bonds is 7. The fourth-order valence-corrected chi connectivity index (χ4v) is 4.57. The molecule has 20 heavy (non-hydrogen) atoms. The van der Waals surface area contributed by atoms with E-state index in [1.807, 2.05) is 0 Å². The second-order valence-electron chi connectivity index (χ2n) is 6.50.